The second-order valence-electron chi connectivity index (χ2n) is 7.88. The van der Waals surface area contributed by atoms with E-state index in [1.54, 1.807) is 13.2 Å². The van der Waals surface area contributed by atoms with Gasteiger partial charge in [0.25, 0.3) is 0 Å². The van der Waals surface area contributed by atoms with E-state index in [9.17, 15) is 9.90 Å². The van der Waals surface area contributed by atoms with Crippen LogP contribution >= 0.6 is 0 Å². The SMILES string of the molecule is C/C=C\C[C@@H](C)c1cc(=O)c2c(o1)-c1c(cc3cccc(OC)c3c1O)CC2C. The van der Waals surface area contributed by atoms with Crippen molar-refractivity contribution in [1.29, 1.82) is 0 Å². The van der Waals surface area contributed by atoms with Crippen molar-refractivity contribution < 1.29 is 14.3 Å². The first-order chi connectivity index (χ1) is 14.0. The maximum atomic E-state index is 13.0. The largest absolute Gasteiger partial charge is 0.506 e. The molecule has 0 amide bonds. The lowest BCUT2D eigenvalue weighted by Crippen LogP contribution is -2.20. The van der Waals surface area contributed by atoms with Gasteiger partial charge in [0.15, 0.2) is 5.43 Å². The van der Waals surface area contributed by atoms with Crippen molar-refractivity contribution in [1.82, 2.24) is 0 Å². The second-order valence-corrected chi connectivity index (χ2v) is 7.88. The number of hydrogen-bond donors (Lipinski definition) is 1. The number of hydrogen-bond acceptors (Lipinski definition) is 4. The number of aromatic hydroxyl groups is 1. The van der Waals surface area contributed by atoms with Crippen LogP contribution in [0.15, 0.2) is 51.7 Å². The number of fused-ring (bicyclic) bond motifs is 4. The molecule has 0 bridgehead atoms. The van der Waals surface area contributed by atoms with Crippen molar-refractivity contribution in [3.05, 3.63) is 69.6 Å². The van der Waals surface area contributed by atoms with Crippen molar-refractivity contribution in [2.75, 3.05) is 7.11 Å². The molecule has 1 aromatic heterocycles. The summed E-state index contributed by atoms with van der Waals surface area (Å²) in [5.74, 6) is 1.95. The Balaban J connectivity index is 2.01. The van der Waals surface area contributed by atoms with Gasteiger partial charge < -0.3 is 14.3 Å². The summed E-state index contributed by atoms with van der Waals surface area (Å²) in [4.78, 5) is 13.0. The summed E-state index contributed by atoms with van der Waals surface area (Å²) in [5.41, 5.74) is 2.23. The maximum absolute atomic E-state index is 13.0. The summed E-state index contributed by atoms with van der Waals surface area (Å²) in [6, 6.07) is 9.39. The molecular formula is C25H26O4. The number of phenolic OH excluding ortho intramolecular Hbond substituents is 1. The van der Waals surface area contributed by atoms with Crippen LogP contribution in [0.3, 0.4) is 0 Å². The molecule has 0 spiro atoms. The van der Waals surface area contributed by atoms with E-state index in [1.807, 2.05) is 45.0 Å². The van der Waals surface area contributed by atoms with E-state index in [0.29, 0.717) is 40.2 Å². The Kier molecular flexibility index (Phi) is 4.95. The van der Waals surface area contributed by atoms with Gasteiger partial charge in [-0.15, -0.1) is 0 Å². The molecule has 4 nitrogen and oxygen atoms in total. The van der Waals surface area contributed by atoms with Crippen molar-refractivity contribution in [3.63, 3.8) is 0 Å². The number of rotatable bonds is 4. The predicted octanol–water partition coefficient (Wildman–Crippen LogP) is 5.90. The van der Waals surface area contributed by atoms with E-state index in [4.69, 9.17) is 9.15 Å². The van der Waals surface area contributed by atoms with Gasteiger partial charge in [-0.2, -0.15) is 0 Å². The zero-order valence-corrected chi connectivity index (χ0v) is 17.3. The quantitative estimate of drug-likeness (QED) is 0.563. The molecular weight excluding hydrogens is 364 g/mol. The van der Waals surface area contributed by atoms with E-state index in [0.717, 1.165) is 17.4 Å². The second kappa shape index (κ2) is 7.43. The molecule has 0 aliphatic heterocycles. The van der Waals surface area contributed by atoms with Crippen molar-refractivity contribution >= 4 is 10.8 Å². The molecule has 150 valence electrons. The van der Waals surface area contributed by atoms with Gasteiger partial charge in [-0.25, -0.2) is 0 Å². The van der Waals surface area contributed by atoms with Gasteiger partial charge in [-0.05, 0) is 48.8 Å². The lowest BCUT2D eigenvalue weighted by Gasteiger charge is -2.26. The first-order valence-corrected chi connectivity index (χ1v) is 10.1. The Morgan fingerprint density at radius 3 is 2.86 bits per heavy atom. The normalized spacial score (nSPS) is 16.6. The fraction of sp³-hybridized carbons (Fsp3) is 0.320. The molecule has 0 saturated heterocycles. The molecule has 29 heavy (non-hydrogen) atoms. The molecule has 1 aliphatic carbocycles. The highest BCUT2D eigenvalue weighted by molar-refractivity contribution is 6.00. The molecule has 1 heterocycles. The van der Waals surface area contributed by atoms with Crippen molar-refractivity contribution in [2.45, 2.75) is 45.4 Å². The van der Waals surface area contributed by atoms with Gasteiger partial charge in [0.1, 0.15) is 23.0 Å². The smallest absolute Gasteiger partial charge is 0.189 e. The minimum atomic E-state index is -0.0220. The van der Waals surface area contributed by atoms with E-state index in [-0.39, 0.29) is 23.0 Å². The molecule has 1 aliphatic rings. The van der Waals surface area contributed by atoms with Gasteiger partial charge in [-0.3, -0.25) is 4.79 Å². The van der Waals surface area contributed by atoms with Crippen LogP contribution in [-0.4, -0.2) is 12.2 Å². The van der Waals surface area contributed by atoms with E-state index < -0.39 is 0 Å². The number of benzene rings is 2. The minimum absolute atomic E-state index is 0.0220. The molecule has 1 N–H and O–H groups in total. The zero-order chi connectivity index (χ0) is 20.7. The summed E-state index contributed by atoms with van der Waals surface area (Å²) in [7, 11) is 1.59. The number of phenols is 1. The number of methoxy groups -OCH3 is 1. The average molecular weight is 390 g/mol. The van der Waals surface area contributed by atoms with Gasteiger partial charge >= 0.3 is 0 Å². The zero-order valence-electron chi connectivity index (χ0n) is 17.3. The third kappa shape index (κ3) is 3.13. The molecule has 3 aromatic rings. The number of ether oxygens (including phenoxy) is 1. The fourth-order valence-electron chi connectivity index (χ4n) is 4.35. The van der Waals surface area contributed by atoms with Crippen LogP contribution in [-0.2, 0) is 6.42 Å². The molecule has 4 heteroatoms. The highest BCUT2D eigenvalue weighted by atomic mass is 16.5. The van der Waals surface area contributed by atoms with E-state index in [2.05, 4.69) is 12.1 Å². The maximum Gasteiger partial charge on any atom is 0.189 e. The molecule has 2 aromatic carbocycles. The molecule has 0 saturated carbocycles. The highest BCUT2D eigenvalue weighted by Gasteiger charge is 2.31. The van der Waals surface area contributed by atoms with Crippen LogP contribution in [0.1, 0.15) is 55.9 Å². The average Bonchev–Trinajstić information content (AvgIpc) is 2.70. The third-order valence-corrected chi connectivity index (χ3v) is 5.86. The van der Waals surface area contributed by atoms with Crippen LogP contribution < -0.4 is 10.2 Å². The minimum Gasteiger partial charge on any atom is -0.506 e. The first kappa shape index (κ1) is 19.3. The Labute approximate surface area is 170 Å². The van der Waals surface area contributed by atoms with E-state index in [1.165, 1.54) is 0 Å². The van der Waals surface area contributed by atoms with Crippen LogP contribution in [0.5, 0.6) is 11.5 Å². The Morgan fingerprint density at radius 2 is 2.14 bits per heavy atom. The standard InChI is InChI=1S/C25H26O4/c1-5-6-8-14(2)20-13-18(26)21-15(3)11-17-12-16-9-7-10-19(28-4)22(16)24(27)23(17)25(21)29-20/h5-7,9-10,12-15,27H,8,11H2,1-4H3/b6-5-/t14-,15?/m1/s1. The highest BCUT2D eigenvalue weighted by Crippen LogP contribution is 2.48. The van der Waals surface area contributed by atoms with Gasteiger partial charge in [0.05, 0.1) is 18.1 Å². The first-order valence-electron chi connectivity index (χ1n) is 10.1. The van der Waals surface area contributed by atoms with Crippen molar-refractivity contribution in [3.8, 4) is 22.8 Å². The summed E-state index contributed by atoms with van der Waals surface area (Å²) in [6.07, 6.45) is 5.53. The molecule has 2 atom stereocenters. The Hall–Kier alpha value is -3.01. The summed E-state index contributed by atoms with van der Waals surface area (Å²) >= 11 is 0. The lowest BCUT2D eigenvalue weighted by atomic mass is 9.80. The number of allylic oxidation sites excluding steroid dienone is 2. The molecule has 0 radical (unpaired) electrons. The van der Waals surface area contributed by atoms with Gasteiger partial charge in [0, 0.05) is 17.5 Å². The summed E-state index contributed by atoms with van der Waals surface area (Å²) in [5, 5.41) is 12.8. The third-order valence-electron chi connectivity index (χ3n) is 5.86. The van der Waals surface area contributed by atoms with Crippen LogP contribution in [0.2, 0.25) is 0 Å². The van der Waals surface area contributed by atoms with Crippen molar-refractivity contribution in [2.24, 2.45) is 0 Å². The van der Waals surface area contributed by atoms with Crippen LogP contribution in [0.25, 0.3) is 22.1 Å². The predicted molar refractivity (Wildman–Crippen MR) is 116 cm³/mol. The van der Waals surface area contributed by atoms with Gasteiger partial charge in [-0.1, -0.05) is 38.1 Å². The Morgan fingerprint density at radius 1 is 1.34 bits per heavy atom. The van der Waals surface area contributed by atoms with Crippen LogP contribution in [0.4, 0.5) is 0 Å². The van der Waals surface area contributed by atoms with Crippen LogP contribution in [0, 0.1) is 0 Å². The van der Waals surface area contributed by atoms with E-state index >= 15 is 0 Å². The molecule has 1 unspecified atom stereocenters. The summed E-state index contributed by atoms with van der Waals surface area (Å²) < 4.78 is 11.8. The lowest BCUT2D eigenvalue weighted by molar-refractivity contribution is 0.415. The Bertz CT molecular complexity index is 1170. The molecule has 4 rings (SSSR count). The van der Waals surface area contributed by atoms with Gasteiger partial charge in [0.2, 0.25) is 0 Å². The monoisotopic (exact) mass is 390 g/mol. The topological polar surface area (TPSA) is 59.7 Å². The fourth-order valence-corrected chi connectivity index (χ4v) is 4.35. The molecule has 0 fully saturated rings. The summed E-state index contributed by atoms with van der Waals surface area (Å²) in [6.45, 7) is 6.06.